The van der Waals surface area contributed by atoms with Crippen LogP contribution in [0.5, 0.6) is 0 Å². The number of aromatic nitrogens is 2. The van der Waals surface area contributed by atoms with Crippen LogP contribution >= 0.6 is 0 Å². The first-order chi connectivity index (χ1) is 11.8. The molecule has 10 heteroatoms. The smallest absolute Gasteiger partial charge is 0.444 e. The number of alkyl halides is 3. The molecule has 0 unspecified atom stereocenters. The SMILES string of the molecule is CC(=O)N(C)c1nc(C(F)(F)F)n2c1CCN(C(=O)OC(C)(C)C)CC2. The molecule has 1 aromatic heterocycles. The third kappa shape index (κ3) is 4.28. The van der Waals surface area contributed by atoms with Crippen LogP contribution in [0.2, 0.25) is 0 Å². The third-order valence-corrected chi connectivity index (χ3v) is 3.96. The molecule has 7 nitrogen and oxygen atoms in total. The topological polar surface area (TPSA) is 67.7 Å². The van der Waals surface area contributed by atoms with Gasteiger partial charge in [0.25, 0.3) is 0 Å². The molecule has 1 aliphatic rings. The Balaban J connectivity index is 2.36. The Morgan fingerprint density at radius 2 is 1.77 bits per heavy atom. The van der Waals surface area contributed by atoms with Crippen molar-refractivity contribution in [3.8, 4) is 0 Å². The van der Waals surface area contributed by atoms with Gasteiger partial charge in [-0.25, -0.2) is 9.78 Å². The zero-order valence-electron chi connectivity index (χ0n) is 15.5. The second-order valence-electron chi connectivity index (χ2n) is 7.15. The average molecular weight is 376 g/mol. The molecule has 0 saturated carbocycles. The van der Waals surface area contributed by atoms with Gasteiger partial charge in [-0.3, -0.25) is 9.69 Å². The van der Waals surface area contributed by atoms with E-state index in [2.05, 4.69) is 4.98 Å². The minimum absolute atomic E-state index is 0.0316. The molecule has 0 aromatic carbocycles. The van der Waals surface area contributed by atoms with Crippen LogP contribution in [0.3, 0.4) is 0 Å². The minimum Gasteiger partial charge on any atom is -0.444 e. The molecule has 1 aromatic rings. The van der Waals surface area contributed by atoms with Crippen molar-refractivity contribution in [2.75, 3.05) is 25.0 Å². The first-order valence-corrected chi connectivity index (χ1v) is 8.20. The fraction of sp³-hybridized carbons (Fsp3) is 0.688. The van der Waals surface area contributed by atoms with E-state index in [1.807, 2.05) is 0 Å². The summed E-state index contributed by atoms with van der Waals surface area (Å²) in [6.07, 6.45) is -5.10. The second-order valence-corrected chi connectivity index (χ2v) is 7.15. The van der Waals surface area contributed by atoms with E-state index >= 15 is 0 Å². The highest BCUT2D eigenvalue weighted by molar-refractivity contribution is 5.90. The summed E-state index contributed by atoms with van der Waals surface area (Å²) in [6.45, 7) is 6.57. The Morgan fingerprint density at radius 3 is 2.27 bits per heavy atom. The van der Waals surface area contributed by atoms with Crippen molar-refractivity contribution in [2.24, 2.45) is 0 Å². The molecule has 0 radical (unpaired) electrons. The molecule has 0 aliphatic carbocycles. The van der Waals surface area contributed by atoms with Crippen LogP contribution in [0.1, 0.15) is 39.2 Å². The zero-order valence-corrected chi connectivity index (χ0v) is 15.5. The maximum Gasteiger partial charge on any atom is 0.449 e. The summed E-state index contributed by atoms with van der Waals surface area (Å²) in [5.41, 5.74) is -0.418. The normalized spacial score (nSPS) is 15.3. The van der Waals surface area contributed by atoms with Gasteiger partial charge < -0.3 is 14.2 Å². The fourth-order valence-electron chi connectivity index (χ4n) is 2.68. The number of ether oxygens (including phenoxy) is 1. The Hall–Kier alpha value is -2.26. The first kappa shape index (κ1) is 20.1. The third-order valence-electron chi connectivity index (χ3n) is 3.96. The number of hydrogen-bond donors (Lipinski definition) is 0. The maximum absolute atomic E-state index is 13.4. The standard InChI is InChI=1S/C16H23F3N4O3/c1-10(24)21(5)12-11-6-7-22(14(25)26-15(2,3)4)8-9-23(11)13(20-12)16(17,18)19/h6-9H2,1-5H3. The summed E-state index contributed by atoms with van der Waals surface area (Å²) >= 11 is 0. The molecule has 26 heavy (non-hydrogen) atoms. The van der Waals surface area contributed by atoms with Crippen LogP contribution in [-0.2, 0) is 28.7 Å². The largest absolute Gasteiger partial charge is 0.449 e. The monoisotopic (exact) mass is 376 g/mol. The number of fused-ring (bicyclic) bond motifs is 1. The van der Waals surface area contributed by atoms with E-state index in [9.17, 15) is 22.8 Å². The molecule has 2 amide bonds. The molecule has 146 valence electrons. The number of amides is 2. The Bertz CT molecular complexity index is 707. The Morgan fingerprint density at radius 1 is 1.15 bits per heavy atom. The van der Waals surface area contributed by atoms with E-state index in [1.165, 1.54) is 18.9 Å². The average Bonchev–Trinajstić information content (AvgIpc) is 2.69. The van der Waals surface area contributed by atoms with Gasteiger partial charge in [0.1, 0.15) is 5.60 Å². The molecule has 2 rings (SSSR count). The van der Waals surface area contributed by atoms with Crippen LogP contribution in [0, 0.1) is 0 Å². The van der Waals surface area contributed by atoms with Gasteiger partial charge in [0.15, 0.2) is 5.82 Å². The number of carbonyl (C=O) groups is 2. The van der Waals surface area contributed by atoms with Crippen LogP contribution in [0.15, 0.2) is 0 Å². The molecule has 0 spiro atoms. The van der Waals surface area contributed by atoms with Crippen molar-refractivity contribution < 1.29 is 27.5 Å². The fourth-order valence-corrected chi connectivity index (χ4v) is 2.68. The minimum atomic E-state index is -4.66. The predicted octanol–water partition coefficient (Wildman–Crippen LogP) is 2.68. The lowest BCUT2D eigenvalue weighted by atomic mass is 10.2. The molecular weight excluding hydrogens is 353 g/mol. The van der Waals surface area contributed by atoms with Crippen LogP contribution in [0.25, 0.3) is 0 Å². The lowest BCUT2D eigenvalue weighted by molar-refractivity contribution is -0.147. The number of rotatable bonds is 1. The quantitative estimate of drug-likeness (QED) is 0.756. The van der Waals surface area contributed by atoms with Gasteiger partial charge in [0.2, 0.25) is 11.7 Å². The molecule has 0 saturated heterocycles. The van der Waals surface area contributed by atoms with Crippen molar-refractivity contribution in [3.63, 3.8) is 0 Å². The molecule has 0 fully saturated rings. The van der Waals surface area contributed by atoms with E-state index in [4.69, 9.17) is 4.74 Å². The van der Waals surface area contributed by atoms with Gasteiger partial charge in [0, 0.05) is 40.0 Å². The highest BCUT2D eigenvalue weighted by atomic mass is 19.4. The van der Waals surface area contributed by atoms with Crippen LogP contribution in [0.4, 0.5) is 23.8 Å². The molecule has 1 aliphatic heterocycles. The maximum atomic E-state index is 13.4. The highest BCUT2D eigenvalue weighted by Gasteiger charge is 2.40. The van der Waals surface area contributed by atoms with Gasteiger partial charge >= 0.3 is 12.3 Å². The number of imidazole rings is 1. The molecule has 0 bridgehead atoms. The highest BCUT2D eigenvalue weighted by Crippen LogP contribution is 2.34. The number of anilines is 1. The van der Waals surface area contributed by atoms with E-state index < -0.39 is 29.6 Å². The first-order valence-electron chi connectivity index (χ1n) is 8.20. The van der Waals surface area contributed by atoms with Crippen molar-refractivity contribution in [3.05, 3.63) is 11.5 Å². The van der Waals surface area contributed by atoms with Gasteiger partial charge in [0.05, 0.1) is 5.69 Å². The summed E-state index contributed by atoms with van der Waals surface area (Å²) in [7, 11) is 1.38. The van der Waals surface area contributed by atoms with Gasteiger partial charge in [-0.1, -0.05) is 0 Å². The Kier molecular flexibility index (Phi) is 5.25. The van der Waals surface area contributed by atoms with Gasteiger partial charge in [-0.2, -0.15) is 13.2 Å². The molecule has 2 heterocycles. The van der Waals surface area contributed by atoms with Crippen molar-refractivity contribution in [2.45, 2.75) is 52.4 Å². The summed E-state index contributed by atoms with van der Waals surface area (Å²) in [6, 6.07) is 0. The summed E-state index contributed by atoms with van der Waals surface area (Å²) in [5, 5.41) is 0. The Labute approximate surface area is 149 Å². The van der Waals surface area contributed by atoms with Gasteiger partial charge in [-0.05, 0) is 20.8 Å². The van der Waals surface area contributed by atoms with E-state index in [0.29, 0.717) is 0 Å². The van der Waals surface area contributed by atoms with E-state index in [1.54, 1.807) is 20.8 Å². The summed E-state index contributed by atoms with van der Waals surface area (Å²) < 4.78 is 46.5. The lowest BCUT2D eigenvalue weighted by Crippen LogP contribution is -2.38. The summed E-state index contributed by atoms with van der Waals surface area (Å²) in [4.78, 5) is 30.0. The van der Waals surface area contributed by atoms with Crippen LogP contribution < -0.4 is 4.90 Å². The van der Waals surface area contributed by atoms with Crippen LogP contribution in [-0.4, -0.2) is 52.2 Å². The van der Waals surface area contributed by atoms with Crippen molar-refractivity contribution in [1.29, 1.82) is 0 Å². The number of hydrogen-bond acceptors (Lipinski definition) is 4. The molecule has 0 N–H and O–H groups in total. The second kappa shape index (κ2) is 6.81. The number of carbonyl (C=O) groups excluding carboxylic acids is 2. The number of nitrogens with zero attached hydrogens (tertiary/aromatic N) is 4. The van der Waals surface area contributed by atoms with E-state index in [-0.39, 0.29) is 37.6 Å². The summed E-state index contributed by atoms with van der Waals surface area (Å²) in [5.74, 6) is -1.52. The van der Waals surface area contributed by atoms with Crippen molar-refractivity contribution in [1.82, 2.24) is 14.5 Å². The predicted molar refractivity (Wildman–Crippen MR) is 87.8 cm³/mol. The molecule has 0 atom stereocenters. The van der Waals surface area contributed by atoms with Gasteiger partial charge in [-0.15, -0.1) is 0 Å². The lowest BCUT2D eigenvalue weighted by Gasteiger charge is -2.26. The van der Waals surface area contributed by atoms with E-state index in [0.717, 1.165) is 9.47 Å². The zero-order chi connectivity index (χ0) is 19.9. The number of halogens is 3. The van der Waals surface area contributed by atoms with Crippen molar-refractivity contribution >= 4 is 17.8 Å². The molecular formula is C16H23F3N4O3.